The van der Waals surface area contributed by atoms with Gasteiger partial charge in [-0.25, -0.2) is 0 Å². The van der Waals surface area contributed by atoms with E-state index in [4.69, 9.17) is 163 Å². The van der Waals surface area contributed by atoms with E-state index in [1.54, 1.807) is 48.5 Å². The van der Waals surface area contributed by atoms with Crippen LogP contribution in [0.25, 0.3) is 0 Å². The second kappa shape index (κ2) is 51.9. The lowest BCUT2D eigenvalue weighted by atomic mass is 9.90. The second-order valence-electron chi connectivity index (χ2n) is 32.9. The van der Waals surface area contributed by atoms with Crippen LogP contribution in [0, 0.1) is 0 Å². The molecule has 5 aliphatic rings. The van der Waals surface area contributed by atoms with E-state index < -0.39 is 245 Å². The number of fused-ring (bicyclic) bond motifs is 8. The molecule has 0 saturated carbocycles. The van der Waals surface area contributed by atoms with Crippen LogP contribution in [-0.2, 0) is 197 Å². The number of nitrogens with one attached hydrogen (secondary N) is 8. The Labute approximate surface area is 846 Å². The molecule has 52 heteroatoms. The molecular weight excluding hydrogens is 1990 g/mol. The van der Waals surface area contributed by atoms with Crippen LogP contribution in [0.5, 0.6) is 23.0 Å². The van der Waals surface area contributed by atoms with Crippen LogP contribution in [0.15, 0.2) is 48.5 Å². The SMILES string of the molecule is COc1c2cc(NC(=S)N[C@@H]3O[C@H](COC(C)=O)[C@@H](OC(C)=O)[C@H](OC(C)=O)[C@H]3OC(C)=O)cc1Cc1cc(NC(=S)N[C@@H]3O[C@H](COC(C)=O)[C@@H](OC(C)=O)[C@H](OC(C)=O)[C@H]3OC(C)=O)cc(c1OC)Cc1cc(NC(=S)N[C@@H]3O[C@H](COC(C)=O)[C@@H](OC(C)=O)[C@H](OC(C)=O)[C@H]3OC(C)=O)cc(c1OC)Cc1cc(NC(=S)N[C@@H]3O[C@H](COC(C)=O)[C@@H](OC(C)=O)[C@H](OC(C)=O)[C@H]3OC(C)=O)cc(c1OC)C2. The van der Waals surface area contributed by atoms with Gasteiger partial charge in [-0.15, -0.1) is 0 Å². The molecule has 0 unspecified atom stereocenters. The van der Waals surface area contributed by atoms with Crippen molar-refractivity contribution < 1.29 is 190 Å². The lowest BCUT2D eigenvalue weighted by Gasteiger charge is -2.44. The summed E-state index contributed by atoms with van der Waals surface area (Å²) in [5.74, 6) is -13.5. The van der Waals surface area contributed by atoms with Gasteiger partial charge in [0, 0.05) is 204 Å². The highest BCUT2D eigenvalue weighted by atomic mass is 32.1. The zero-order valence-corrected chi connectivity index (χ0v) is 85.1. The summed E-state index contributed by atoms with van der Waals surface area (Å²) in [4.78, 5) is 206. The lowest BCUT2D eigenvalue weighted by molar-refractivity contribution is -0.254. The Balaban J connectivity index is 1.30. The molecule has 784 valence electrons. The average Bonchev–Trinajstić information content (AvgIpc) is 0.756. The summed E-state index contributed by atoms with van der Waals surface area (Å²) in [6, 6.07) is 13.0. The van der Waals surface area contributed by atoms with E-state index in [1.807, 2.05) is 0 Å². The van der Waals surface area contributed by atoms with Crippen LogP contribution in [0.2, 0.25) is 0 Å². The van der Waals surface area contributed by atoms with E-state index in [0.29, 0.717) is 44.5 Å². The predicted molar refractivity (Wildman–Crippen MR) is 508 cm³/mol. The number of anilines is 4. The van der Waals surface area contributed by atoms with Gasteiger partial charge < -0.3 is 156 Å². The Bertz CT molecular complexity index is 4820. The summed E-state index contributed by atoms with van der Waals surface area (Å²) in [6.45, 7) is 14.5. The Hall–Kier alpha value is -13.8. The summed E-state index contributed by atoms with van der Waals surface area (Å²) in [5.41, 5.74) is 3.10. The van der Waals surface area contributed by atoms with Crippen LogP contribution < -0.4 is 61.5 Å². The first kappa shape index (κ1) is 114. The first-order valence-electron chi connectivity index (χ1n) is 44.2. The van der Waals surface area contributed by atoms with E-state index in [9.17, 15) is 76.7 Å². The molecule has 4 aliphatic heterocycles. The number of carbonyl (C=O) groups is 16. The van der Waals surface area contributed by atoms with E-state index in [2.05, 4.69) is 42.5 Å². The van der Waals surface area contributed by atoms with Gasteiger partial charge >= 0.3 is 95.5 Å². The number of esters is 16. The number of carbonyl (C=O) groups excluding carboxylic acids is 16. The Morgan fingerprint density at radius 2 is 0.368 bits per heavy atom. The maximum absolute atomic E-state index is 13.2. The number of thiocarbonyl (C=S) groups is 4. The third-order valence-electron chi connectivity index (χ3n) is 21.4. The topological polar surface area (TPSA) is 591 Å². The molecule has 0 amide bonds. The largest absolute Gasteiger partial charge is 0.496 e. The summed E-state index contributed by atoms with van der Waals surface area (Å²) >= 11 is 24.5. The van der Waals surface area contributed by atoms with Crippen LogP contribution in [0.4, 0.5) is 22.7 Å². The van der Waals surface area contributed by atoms with Crippen molar-refractivity contribution in [2.24, 2.45) is 0 Å². The molecule has 9 rings (SSSR count). The molecule has 4 heterocycles. The minimum absolute atomic E-state index is 0.152. The molecule has 48 nitrogen and oxygen atoms in total. The highest BCUT2D eigenvalue weighted by molar-refractivity contribution is 7.81. The molecule has 4 aromatic carbocycles. The smallest absolute Gasteiger partial charge is 0.303 e. The monoisotopic (exact) mass is 2100 g/mol. The molecular formula is C92H112N8O40S4. The molecule has 4 fully saturated rings. The van der Waals surface area contributed by atoms with Gasteiger partial charge in [-0.3, -0.25) is 76.7 Å². The summed E-state index contributed by atoms with van der Waals surface area (Å²) < 4.78 is 142. The number of benzene rings is 4. The van der Waals surface area contributed by atoms with Crippen molar-refractivity contribution in [3.63, 3.8) is 0 Å². The Morgan fingerprint density at radius 3 is 0.500 bits per heavy atom. The highest BCUT2D eigenvalue weighted by Gasteiger charge is 2.58. The van der Waals surface area contributed by atoms with Crippen LogP contribution in [-0.4, -0.2) is 293 Å². The quantitative estimate of drug-likeness (QED) is 0.0172. The van der Waals surface area contributed by atoms with Crippen molar-refractivity contribution in [2.45, 2.75) is 259 Å². The van der Waals surface area contributed by atoms with Gasteiger partial charge in [0.25, 0.3) is 0 Å². The molecule has 4 aromatic rings. The zero-order chi connectivity index (χ0) is 106. The first-order chi connectivity index (χ1) is 67.9. The van der Waals surface area contributed by atoms with Gasteiger partial charge in [0.05, 0.1) is 28.4 Å². The zero-order valence-electron chi connectivity index (χ0n) is 81.8. The maximum atomic E-state index is 13.2. The fraction of sp³-hybridized carbons (Fsp3) is 0.522. The maximum Gasteiger partial charge on any atom is 0.303 e. The van der Waals surface area contributed by atoms with Crippen molar-refractivity contribution in [3.05, 3.63) is 93.0 Å². The first-order valence-corrected chi connectivity index (χ1v) is 45.9. The highest BCUT2D eigenvalue weighted by Crippen LogP contribution is 2.45. The van der Waals surface area contributed by atoms with Crippen LogP contribution >= 0.6 is 48.9 Å². The van der Waals surface area contributed by atoms with Crippen molar-refractivity contribution in [1.29, 1.82) is 0 Å². The van der Waals surface area contributed by atoms with Crippen molar-refractivity contribution >= 4 is 188 Å². The standard InChI is InChI=1S/C92H112N8O40S4/c1-37(101)121-33-65-73(125-41(5)105)77(129-45(9)109)81(133-49(13)113)85(137-65)97-89(141)93-61-25-53-21-55-27-62(94-90(142)98-86-82(134-50(14)114)78(130-46(10)110)74(126-42(6)106)66(138-86)34-122-38(2)102)29-57(70(55)118-18)23-59-31-64(96-92(144)100-88-84(136-52(16)116)80(132-48(12)112)76(128-44(8)108)68(140-88)36-124-40(4)104)32-60(72(59)120-20)24-58-30-63(28-56(71(58)119-19)22-54(26-61)69(53)117-17)95-91(143)99-87-83(135-51(15)115)79(131-47(11)111)75(127-43(7)107)67(139-87)35-123-39(3)103/h25-32,65-68,73-88H,21-24,33-36H2,1-20H3,(H2,93,97,141)(H2,94,98,142)(H2,95,99,143)(H2,96,100,144)/t65-,66-,67-,68-,73-,74-,75-,76-,77+,78+,79+,80+,81-,82-,83-,84-,85-,86-,87-,88-/m1/s1. The number of ether oxygens (including phenoxy) is 24. The molecule has 4 saturated heterocycles. The normalized spacial score (nSPS) is 23.9. The molecule has 8 bridgehead atoms. The molecule has 0 spiro atoms. The molecule has 20 atom stereocenters. The third kappa shape index (κ3) is 32.1. The summed E-state index contributed by atoms with van der Waals surface area (Å²) in [5, 5.41) is 23.5. The van der Waals surface area contributed by atoms with Gasteiger partial charge in [-0.1, -0.05) is 0 Å². The van der Waals surface area contributed by atoms with Gasteiger partial charge in [-0.2, -0.15) is 0 Å². The van der Waals surface area contributed by atoms with E-state index in [1.165, 1.54) is 28.4 Å². The fourth-order valence-electron chi connectivity index (χ4n) is 16.8. The van der Waals surface area contributed by atoms with E-state index >= 15 is 0 Å². The molecule has 1 aliphatic carbocycles. The second-order valence-corrected chi connectivity index (χ2v) is 34.5. The Kier molecular flexibility index (Phi) is 41.0. The average molecular weight is 2100 g/mol. The van der Waals surface area contributed by atoms with Gasteiger partial charge in [0.1, 0.15) is 73.8 Å². The molecule has 0 radical (unpaired) electrons. The number of rotatable bonds is 32. The minimum atomic E-state index is -1.68. The molecule has 144 heavy (non-hydrogen) atoms. The molecule has 8 N–H and O–H groups in total. The predicted octanol–water partition coefficient (Wildman–Crippen LogP) is 3.88. The van der Waals surface area contributed by atoms with Gasteiger partial charge in [0.15, 0.2) is 119 Å². The molecule has 0 aromatic heterocycles. The van der Waals surface area contributed by atoms with Crippen molar-refractivity contribution in [3.8, 4) is 23.0 Å². The van der Waals surface area contributed by atoms with E-state index in [0.717, 1.165) is 111 Å². The minimum Gasteiger partial charge on any atom is -0.496 e. The number of hydrogen-bond donors (Lipinski definition) is 8. The third-order valence-corrected chi connectivity index (χ3v) is 22.3. The van der Waals surface area contributed by atoms with Crippen molar-refractivity contribution in [1.82, 2.24) is 21.3 Å². The summed E-state index contributed by atoms with van der Waals surface area (Å²) in [6.07, 6.45) is -32.9. The number of hydrogen-bond acceptors (Lipinski definition) is 44. The fourth-order valence-corrected chi connectivity index (χ4v) is 17.7. The van der Waals surface area contributed by atoms with Crippen LogP contribution in [0.3, 0.4) is 0 Å². The van der Waals surface area contributed by atoms with Crippen LogP contribution in [0.1, 0.15) is 155 Å². The van der Waals surface area contributed by atoms with Gasteiger partial charge in [-0.05, 0) is 97.4 Å². The van der Waals surface area contributed by atoms with Gasteiger partial charge in [0.2, 0.25) is 0 Å². The Morgan fingerprint density at radius 1 is 0.229 bits per heavy atom. The summed E-state index contributed by atoms with van der Waals surface area (Å²) in [7, 11) is 5.54. The van der Waals surface area contributed by atoms with E-state index in [-0.39, 0.29) is 91.9 Å². The lowest BCUT2D eigenvalue weighted by Crippen LogP contribution is -2.66. The number of methoxy groups -OCH3 is 4. The van der Waals surface area contributed by atoms with Crippen molar-refractivity contribution in [2.75, 3.05) is 76.1 Å².